The molecule has 1 aliphatic heterocycles. The van der Waals surface area contributed by atoms with Gasteiger partial charge in [-0.1, -0.05) is 54.9 Å². The number of hydrogen-bond donors (Lipinski definition) is 6. The van der Waals surface area contributed by atoms with Gasteiger partial charge in [0.15, 0.2) is 0 Å². The molecule has 52 heavy (non-hydrogen) atoms. The zero-order valence-corrected chi connectivity index (χ0v) is 32.7. The van der Waals surface area contributed by atoms with E-state index in [-0.39, 0.29) is 29.7 Å². The minimum Gasteiger partial charge on any atom is -0.460 e. The highest BCUT2D eigenvalue weighted by molar-refractivity contribution is 5.96. The van der Waals surface area contributed by atoms with E-state index < -0.39 is 78.9 Å². The van der Waals surface area contributed by atoms with Crippen molar-refractivity contribution in [2.75, 3.05) is 26.7 Å². The van der Waals surface area contributed by atoms with E-state index in [9.17, 15) is 33.9 Å². The lowest BCUT2D eigenvalue weighted by atomic mass is 9.58. The van der Waals surface area contributed by atoms with Crippen LogP contribution in [0.25, 0.3) is 0 Å². The van der Waals surface area contributed by atoms with Crippen LogP contribution < -0.4 is 27.0 Å². The Bertz CT molecular complexity index is 1260. The molecule has 0 aromatic carbocycles. The summed E-state index contributed by atoms with van der Waals surface area (Å²) in [5.74, 6) is -3.17. The second-order valence-corrected chi connectivity index (χ2v) is 16.8. The van der Waals surface area contributed by atoms with Gasteiger partial charge in [0.2, 0.25) is 29.5 Å². The summed E-state index contributed by atoms with van der Waals surface area (Å²) in [4.78, 5) is 82.7. The summed E-state index contributed by atoms with van der Waals surface area (Å²) < 4.78 is 5.96. The maximum Gasteiger partial charge on any atom is 0.325 e. The first kappa shape index (κ1) is 43.1. The second kappa shape index (κ2) is 19.2. The molecule has 1 saturated heterocycles. The SMILES string of the molecule is CC[C@@H](C)[C@@H]1NC(=O)[C@H](CC(C)C)N(C)C(=O)[C@H](C)[C@@H](CCC2(C)CC3CC(C)CC(C3)C2)OC(=O)CNC(=O)[C@H](CO)NC(=O)[C@H](CN)NC1=O. The molecule has 0 spiro atoms. The predicted molar refractivity (Wildman–Crippen MR) is 196 cm³/mol. The van der Waals surface area contributed by atoms with Crippen molar-refractivity contribution in [2.24, 2.45) is 46.7 Å². The van der Waals surface area contributed by atoms with E-state index in [0.717, 1.165) is 25.2 Å². The Hall–Kier alpha value is -3.26. The van der Waals surface area contributed by atoms with E-state index in [4.69, 9.17) is 10.5 Å². The van der Waals surface area contributed by atoms with E-state index in [1.165, 1.54) is 24.2 Å². The maximum atomic E-state index is 14.3. The first-order valence-corrected chi connectivity index (χ1v) is 19.4. The number of esters is 1. The highest BCUT2D eigenvalue weighted by Crippen LogP contribution is 2.52. The number of carbonyl (C=O) groups excluding carboxylic acids is 6. The molecular weight excluding hydrogens is 668 g/mol. The summed E-state index contributed by atoms with van der Waals surface area (Å²) in [5.41, 5.74) is 5.85. The van der Waals surface area contributed by atoms with Gasteiger partial charge in [0.1, 0.15) is 36.8 Å². The Morgan fingerprint density at radius 2 is 1.52 bits per heavy atom. The third-order valence-electron chi connectivity index (χ3n) is 11.7. The molecule has 296 valence electrons. The van der Waals surface area contributed by atoms with Gasteiger partial charge in [0.25, 0.3) is 0 Å². The quantitative estimate of drug-likeness (QED) is 0.190. The number of amides is 5. The highest BCUT2D eigenvalue weighted by atomic mass is 16.5. The zero-order chi connectivity index (χ0) is 38.9. The molecule has 2 saturated carbocycles. The van der Waals surface area contributed by atoms with Gasteiger partial charge in [-0.15, -0.1) is 0 Å². The van der Waals surface area contributed by atoms with E-state index in [2.05, 4.69) is 35.1 Å². The van der Waals surface area contributed by atoms with Crippen molar-refractivity contribution in [3.05, 3.63) is 0 Å². The Labute approximate surface area is 309 Å². The van der Waals surface area contributed by atoms with Gasteiger partial charge in [0.05, 0.1) is 12.5 Å². The molecular formula is C38H66N6O8. The van der Waals surface area contributed by atoms with E-state index >= 15 is 0 Å². The van der Waals surface area contributed by atoms with Crippen LogP contribution in [0.3, 0.4) is 0 Å². The van der Waals surface area contributed by atoms with Crippen molar-refractivity contribution >= 4 is 35.5 Å². The largest absolute Gasteiger partial charge is 0.460 e. The maximum absolute atomic E-state index is 14.3. The van der Waals surface area contributed by atoms with Crippen molar-refractivity contribution in [3.8, 4) is 0 Å². The second-order valence-electron chi connectivity index (χ2n) is 16.8. The van der Waals surface area contributed by atoms with Gasteiger partial charge in [-0.25, -0.2) is 0 Å². The molecule has 0 aromatic heterocycles. The summed E-state index contributed by atoms with van der Waals surface area (Å²) in [6.07, 6.45) is 6.95. The minimum atomic E-state index is -1.45. The summed E-state index contributed by atoms with van der Waals surface area (Å²) in [7, 11) is 1.56. The monoisotopic (exact) mass is 734 g/mol. The number of ether oxygens (including phenoxy) is 1. The molecule has 9 atom stereocenters. The van der Waals surface area contributed by atoms with Gasteiger partial charge in [-0.2, -0.15) is 0 Å². The molecule has 7 N–H and O–H groups in total. The van der Waals surface area contributed by atoms with Gasteiger partial charge in [0, 0.05) is 13.6 Å². The van der Waals surface area contributed by atoms with Crippen LogP contribution in [0.4, 0.5) is 0 Å². The molecule has 2 unspecified atom stereocenters. The van der Waals surface area contributed by atoms with Crippen LogP contribution in [-0.4, -0.2) is 103 Å². The standard InChI is InChI=1S/C38H66N6O8/c1-9-23(5)32-36(50)41-27(18-39)34(48)42-28(20-45)33(47)40-19-31(46)52-30(10-11-38(7)16-25-13-22(4)14-26(15-25)17-38)24(6)37(51)44(8)29(12-21(2)3)35(49)43-32/h21-30,32,45H,9-20,39H2,1-8H3,(H,40,47)(H,41,50)(H,42,48)(H,43,49)/t22?,23-,24-,25?,26?,27+,28+,29+,30-,32+,38?/m1/s1. The Kier molecular flexibility index (Phi) is 15.9. The highest BCUT2D eigenvalue weighted by Gasteiger charge is 2.43. The molecule has 1 heterocycles. The normalized spacial score (nSPS) is 35.3. The van der Waals surface area contributed by atoms with Gasteiger partial charge < -0.3 is 41.7 Å². The number of nitrogens with zero attached hydrogens (tertiary/aromatic N) is 1. The molecule has 14 heteroatoms. The number of fused-ring (bicyclic) bond motifs is 2. The summed E-state index contributed by atoms with van der Waals surface area (Å²) in [6, 6.07) is -4.76. The zero-order valence-electron chi connectivity index (χ0n) is 32.7. The number of cyclic esters (lactones) is 1. The van der Waals surface area contributed by atoms with Crippen molar-refractivity contribution in [1.82, 2.24) is 26.2 Å². The first-order valence-electron chi connectivity index (χ1n) is 19.4. The number of aliphatic hydroxyl groups excluding tert-OH is 1. The molecule has 3 rings (SSSR count). The molecule has 3 aliphatic rings. The number of nitrogens with two attached hydrogens (primary N) is 1. The number of rotatable bonds is 9. The number of hydrogen-bond acceptors (Lipinski definition) is 9. The summed E-state index contributed by atoms with van der Waals surface area (Å²) in [6.45, 7) is 12.1. The van der Waals surface area contributed by atoms with Crippen LogP contribution in [0, 0.1) is 40.9 Å². The number of likely N-dealkylation sites (N-methyl/N-ethyl adjacent to an activating group) is 1. The third-order valence-corrected chi connectivity index (χ3v) is 11.7. The minimum absolute atomic E-state index is 0.00855. The first-order chi connectivity index (χ1) is 24.4. The van der Waals surface area contributed by atoms with Crippen LogP contribution in [0.1, 0.15) is 106 Å². The number of carbonyl (C=O) groups is 6. The van der Waals surface area contributed by atoms with Crippen LogP contribution in [0.5, 0.6) is 0 Å². The van der Waals surface area contributed by atoms with E-state index in [1.807, 2.05) is 20.8 Å². The molecule has 0 aromatic rings. The fourth-order valence-electron chi connectivity index (χ4n) is 8.74. The molecule has 2 aliphatic carbocycles. The molecule has 14 nitrogen and oxygen atoms in total. The average molecular weight is 735 g/mol. The van der Waals surface area contributed by atoms with Crippen LogP contribution in [0.15, 0.2) is 0 Å². The van der Waals surface area contributed by atoms with Gasteiger partial charge in [-0.3, -0.25) is 28.8 Å². The fraction of sp³-hybridized carbons (Fsp3) is 0.842. The smallest absolute Gasteiger partial charge is 0.325 e. The van der Waals surface area contributed by atoms with Crippen LogP contribution >= 0.6 is 0 Å². The molecule has 3 fully saturated rings. The number of aliphatic hydroxyl groups is 1. The topological polar surface area (TPSA) is 209 Å². The predicted octanol–water partition coefficient (Wildman–Crippen LogP) is 1.62. The lowest BCUT2D eigenvalue weighted by molar-refractivity contribution is -0.158. The Morgan fingerprint density at radius 1 is 0.904 bits per heavy atom. The van der Waals surface area contributed by atoms with E-state index in [1.54, 1.807) is 20.9 Å². The van der Waals surface area contributed by atoms with Gasteiger partial charge >= 0.3 is 5.97 Å². The Balaban J connectivity index is 1.97. The average Bonchev–Trinajstić information content (AvgIpc) is 3.08. The van der Waals surface area contributed by atoms with Gasteiger partial charge in [-0.05, 0) is 86.4 Å². The van der Waals surface area contributed by atoms with E-state index in [0.29, 0.717) is 31.1 Å². The fourth-order valence-corrected chi connectivity index (χ4v) is 8.74. The molecule has 5 amide bonds. The molecule has 2 bridgehead atoms. The lowest BCUT2D eigenvalue weighted by Gasteiger charge is -2.48. The van der Waals surface area contributed by atoms with Crippen molar-refractivity contribution in [1.29, 1.82) is 0 Å². The Morgan fingerprint density at radius 3 is 2.08 bits per heavy atom. The lowest BCUT2D eigenvalue weighted by Crippen LogP contribution is -2.61. The van der Waals surface area contributed by atoms with Crippen molar-refractivity contribution < 1.29 is 38.6 Å². The summed E-state index contributed by atoms with van der Waals surface area (Å²) in [5, 5.41) is 20.1. The molecule has 0 radical (unpaired) electrons. The number of nitrogens with one attached hydrogen (secondary N) is 4. The van der Waals surface area contributed by atoms with Crippen LogP contribution in [0.2, 0.25) is 0 Å². The summed E-state index contributed by atoms with van der Waals surface area (Å²) >= 11 is 0. The van der Waals surface area contributed by atoms with Crippen molar-refractivity contribution in [3.63, 3.8) is 0 Å². The third kappa shape index (κ3) is 11.6. The van der Waals surface area contributed by atoms with Crippen molar-refractivity contribution in [2.45, 2.75) is 137 Å². The van der Waals surface area contributed by atoms with Crippen LogP contribution in [-0.2, 0) is 33.5 Å².